The summed E-state index contributed by atoms with van der Waals surface area (Å²) >= 11 is 6.67. The standard InChI is InChI=1S/C25H31ClN4O2/c1-14(2)20-10-18(13-30(20)4)28-25-27-12-17-9-16(7-8-19(17)29-25)23-15(3)21(31-5)11-22(32-6)24(23)26/h7-9,11-12,14,18,20H,10,13H2,1-6H3,(H,27,28,29). The van der Waals surface area contributed by atoms with Gasteiger partial charge in [0, 0.05) is 47.4 Å². The molecule has 0 amide bonds. The van der Waals surface area contributed by atoms with Gasteiger partial charge in [-0.15, -0.1) is 0 Å². The largest absolute Gasteiger partial charge is 0.496 e. The summed E-state index contributed by atoms with van der Waals surface area (Å²) in [5, 5.41) is 5.04. The van der Waals surface area contributed by atoms with Crippen LogP contribution in [0.3, 0.4) is 0 Å². The molecule has 4 rings (SSSR count). The van der Waals surface area contributed by atoms with Crippen LogP contribution in [0.15, 0.2) is 30.5 Å². The molecule has 170 valence electrons. The van der Waals surface area contributed by atoms with Crippen molar-refractivity contribution in [3.8, 4) is 22.6 Å². The van der Waals surface area contributed by atoms with Gasteiger partial charge < -0.3 is 19.7 Å². The van der Waals surface area contributed by atoms with Crippen LogP contribution in [0.1, 0.15) is 25.8 Å². The summed E-state index contributed by atoms with van der Waals surface area (Å²) in [6, 6.07) is 8.86. The van der Waals surface area contributed by atoms with Gasteiger partial charge in [-0.05, 0) is 44.0 Å². The van der Waals surface area contributed by atoms with Gasteiger partial charge in [0.1, 0.15) is 11.5 Å². The highest BCUT2D eigenvalue weighted by atomic mass is 35.5. The smallest absolute Gasteiger partial charge is 0.223 e. The Morgan fingerprint density at radius 3 is 2.56 bits per heavy atom. The lowest BCUT2D eigenvalue weighted by Gasteiger charge is -2.22. The van der Waals surface area contributed by atoms with E-state index in [9.17, 15) is 0 Å². The number of likely N-dealkylation sites (tertiary alicyclic amines) is 1. The Labute approximate surface area is 194 Å². The molecule has 0 spiro atoms. The van der Waals surface area contributed by atoms with Crippen LogP contribution in [0.2, 0.25) is 5.02 Å². The molecular weight excluding hydrogens is 424 g/mol. The predicted molar refractivity (Wildman–Crippen MR) is 131 cm³/mol. The lowest BCUT2D eigenvalue weighted by atomic mass is 9.98. The molecule has 1 aromatic heterocycles. The monoisotopic (exact) mass is 454 g/mol. The third-order valence-electron chi connectivity index (χ3n) is 6.45. The van der Waals surface area contributed by atoms with Crippen molar-refractivity contribution >= 4 is 28.5 Å². The Balaban J connectivity index is 1.63. The fourth-order valence-electron chi connectivity index (χ4n) is 4.76. The number of methoxy groups -OCH3 is 2. The zero-order valence-corrected chi connectivity index (χ0v) is 20.3. The van der Waals surface area contributed by atoms with E-state index in [1.54, 1.807) is 14.2 Å². The number of anilines is 1. The molecule has 2 aromatic carbocycles. The number of hydrogen-bond acceptors (Lipinski definition) is 6. The van der Waals surface area contributed by atoms with Gasteiger partial charge in [-0.1, -0.05) is 31.5 Å². The van der Waals surface area contributed by atoms with E-state index in [1.807, 2.05) is 31.3 Å². The van der Waals surface area contributed by atoms with Gasteiger partial charge in [0.25, 0.3) is 0 Å². The fraction of sp³-hybridized carbons (Fsp3) is 0.440. The summed E-state index contributed by atoms with van der Waals surface area (Å²) in [6.07, 6.45) is 2.97. The molecule has 1 aliphatic heterocycles. The molecule has 2 atom stereocenters. The van der Waals surface area contributed by atoms with Crippen molar-refractivity contribution < 1.29 is 9.47 Å². The second kappa shape index (κ2) is 9.12. The molecule has 1 aliphatic rings. The van der Waals surface area contributed by atoms with Crippen LogP contribution in [-0.4, -0.2) is 54.8 Å². The first-order valence-electron chi connectivity index (χ1n) is 11.0. The summed E-state index contributed by atoms with van der Waals surface area (Å²) in [6.45, 7) is 7.55. The van der Waals surface area contributed by atoms with E-state index < -0.39 is 0 Å². The second-order valence-electron chi connectivity index (χ2n) is 8.89. The Kier molecular flexibility index (Phi) is 6.45. The van der Waals surface area contributed by atoms with Gasteiger partial charge >= 0.3 is 0 Å². The number of ether oxygens (including phenoxy) is 2. The highest BCUT2D eigenvalue weighted by Crippen LogP contribution is 2.43. The number of benzene rings is 2. The Bertz CT molecular complexity index is 1110. The number of likely N-dealkylation sites (N-methyl/N-ethyl adjacent to an activating group) is 1. The number of halogens is 1. The lowest BCUT2D eigenvalue weighted by Crippen LogP contribution is -2.29. The molecule has 1 N–H and O–H groups in total. The number of rotatable bonds is 6. The van der Waals surface area contributed by atoms with Crippen LogP contribution in [0.5, 0.6) is 11.5 Å². The van der Waals surface area contributed by atoms with Gasteiger partial charge in [-0.3, -0.25) is 0 Å². The Morgan fingerprint density at radius 2 is 1.91 bits per heavy atom. The molecule has 0 bridgehead atoms. The van der Waals surface area contributed by atoms with Crippen LogP contribution >= 0.6 is 11.6 Å². The molecule has 0 saturated carbocycles. The maximum Gasteiger partial charge on any atom is 0.223 e. The summed E-state index contributed by atoms with van der Waals surface area (Å²) in [7, 11) is 5.44. The molecule has 0 radical (unpaired) electrons. The van der Waals surface area contributed by atoms with Gasteiger partial charge in [-0.25, -0.2) is 9.97 Å². The fourth-order valence-corrected chi connectivity index (χ4v) is 5.14. The number of fused-ring (bicyclic) bond motifs is 1. The van der Waals surface area contributed by atoms with E-state index in [0.29, 0.717) is 34.7 Å². The second-order valence-corrected chi connectivity index (χ2v) is 9.27. The highest BCUT2D eigenvalue weighted by molar-refractivity contribution is 6.35. The van der Waals surface area contributed by atoms with Crippen LogP contribution in [0.25, 0.3) is 22.0 Å². The maximum atomic E-state index is 6.67. The molecule has 2 heterocycles. The van der Waals surface area contributed by atoms with Gasteiger partial charge in [-0.2, -0.15) is 0 Å². The van der Waals surface area contributed by atoms with E-state index >= 15 is 0 Å². The average molecular weight is 455 g/mol. The topological polar surface area (TPSA) is 59.5 Å². The highest BCUT2D eigenvalue weighted by Gasteiger charge is 2.31. The summed E-state index contributed by atoms with van der Waals surface area (Å²) in [5.74, 6) is 2.62. The van der Waals surface area contributed by atoms with Crippen LogP contribution in [-0.2, 0) is 0 Å². The maximum absolute atomic E-state index is 6.67. The minimum absolute atomic E-state index is 0.356. The predicted octanol–water partition coefficient (Wildman–Crippen LogP) is 5.42. The molecule has 1 saturated heterocycles. The van der Waals surface area contributed by atoms with E-state index in [0.717, 1.165) is 46.3 Å². The minimum atomic E-state index is 0.356. The van der Waals surface area contributed by atoms with E-state index in [4.69, 9.17) is 26.1 Å². The Morgan fingerprint density at radius 1 is 1.16 bits per heavy atom. The van der Waals surface area contributed by atoms with Crippen molar-refractivity contribution in [3.63, 3.8) is 0 Å². The zero-order chi connectivity index (χ0) is 23.0. The zero-order valence-electron chi connectivity index (χ0n) is 19.6. The first-order valence-corrected chi connectivity index (χ1v) is 11.3. The van der Waals surface area contributed by atoms with E-state index in [1.165, 1.54) is 0 Å². The Hall–Kier alpha value is -2.57. The number of nitrogens with one attached hydrogen (secondary N) is 1. The molecule has 0 aliphatic carbocycles. The van der Waals surface area contributed by atoms with Crippen molar-refractivity contribution in [1.29, 1.82) is 0 Å². The summed E-state index contributed by atoms with van der Waals surface area (Å²) < 4.78 is 11.0. The molecule has 32 heavy (non-hydrogen) atoms. The van der Waals surface area contributed by atoms with Crippen molar-refractivity contribution in [1.82, 2.24) is 14.9 Å². The first kappa shape index (κ1) is 22.6. The molecule has 2 unspecified atom stereocenters. The van der Waals surface area contributed by atoms with Gasteiger partial charge in [0.2, 0.25) is 5.95 Å². The van der Waals surface area contributed by atoms with E-state index in [-0.39, 0.29) is 0 Å². The number of nitrogens with zero attached hydrogens (tertiary/aromatic N) is 3. The van der Waals surface area contributed by atoms with Crippen molar-refractivity contribution in [3.05, 3.63) is 41.0 Å². The SMILES string of the molecule is COc1cc(OC)c(Cl)c(-c2ccc3nc(NC4CC(C(C)C)N(C)C4)ncc3c2)c1C. The third-order valence-corrected chi connectivity index (χ3v) is 6.83. The molecule has 6 nitrogen and oxygen atoms in total. The number of aromatic nitrogens is 2. The molecule has 7 heteroatoms. The van der Waals surface area contributed by atoms with Crippen molar-refractivity contribution in [2.24, 2.45) is 5.92 Å². The third kappa shape index (κ3) is 4.21. The molecule has 3 aromatic rings. The summed E-state index contributed by atoms with van der Waals surface area (Å²) in [4.78, 5) is 11.8. The van der Waals surface area contributed by atoms with Gasteiger partial charge in [0.05, 0.1) is 24.8 Å². The van der Waals surface area contributed by atoms with Crippen LogP contribution < -0.4 is 14.8 Å². The molecule has 1 fully saturated rings. The normalized spacial score (nSPS) is 19.0. The van der Waals surface area contributed by atoms with Crippen molar-refractivity contribution in [2.75, 3.05) is 33.1 Å². The quantitative estimate of drug-likeness (QED) is 0.537. The van der Waals surface area contributed by atoms with Crippen LogP contribution in [0, 0.1) is 12.8 Å². The lowest BCUT2D eigenvalue weighted by molar-refractivity contribution is 0.250. The summed E-state index contributed by atoms with van der Waals surface area (Å²) in [5.41, 5.74) is 3.71. The van der Waals surface area contributed by atoms with Gasteiger partial charge in [0.15, 0.2) is 0 Å². The van der Waals surface area contributed by atoms with Crippen LogP contribution in [0.4, 0.5) is 5.95 Å². The number of hydrogen-bond donors (Lipinski definition) is 1. The average Bonchev–Trinajstić information content (AvgIpc) is 3.14. The van der Waals surface area contributed by atoms with E-state index in [2.05, 4.69) is 42.2 Å². The van der Waals surface area contributed by atoms with Crippen molar-refractivity contribution in [2.45, 2.75) is 39.3 Å². The first-order chi connectivity index (χ1) is 15.3. The molecular formula is C25H31ClN4O2. The minimum Gasteiger partial charge on any atom is -0.496 e.